The summed E-state index contributed by atoms with van der Waals surface area (Å²) in [6, 6.07) is 5.49. The summed E-state index contributed by atoms with van der Waals surface area (Å²) in [5, 5.41) is 3.31. The lowest BCUT2D eigenvalue weighted by Crippen LogP contribution is -2.55. The number of nitrogens with zero attached hydrogens (tertiary/aromatic N) is 2. The van der Waals surface area contributed by atoms with Gasteiger partial charge in [-0.2, -0.15) is 0 Å². The minimum Gasteiger partial charge on any atom is -0.496 e. The highest BCUT2D eigenvalue weighted by atomic mass is 16.5. The molecule has 1 aromatic carbocycles. The predicted octanol–water partition coefficient (Wildman–Crippen LogP) is 1.43. The van der Waals surface area contributed by atoms with E-state index in [0.717, 1.165) is 37.1 Å². The fraction of sp³-hybridized carbons (Fsp3) is 0.579. The third-order valence-corrected chi connectivity index (χ3v) is 5.14. The Balaban J connectivity index is 1.58. The quantitative estimate of drug-likeness (QED) is 0.900. The molecule has 0 aromatic heterocycles. The molecule has 2 aliphatic rings. The number of nitrogens with one attached hydrogen (secondary N) is 1. The monoisotopic (exact) mass is 345 g/mol. The zero-order chi connectivity index (χ0) is 17.8. The Morgan fingerprint density at radius 1 is 1.12 bits per heavy atom. The summed E-state index contributed by atoms with van der Waals surface area (Å²) in [6.45, 7) is 5.24. The molecule has 1 aromatic rings. The van der Waals surface area contributed by atoms with Gasteiger partial charge in [-0.25, -0.2) is 0 Å². The van der Waals surface area contributed by atoms with Crippen LogP contribution >= 0.6 is 0 Å². The van der Waals surface area contributed by atoms with Gasteiger partial charge in [0.2, 0.25) is 5.91 Å². The van der Waals surface area contributed by atoms with E-state index >= 15 is 0 Å². The summed E-state index contributed by atoms with van der Waals surface area (Å²) < 4.78 is 5.31. The molecule has 0 bridgehead atoms. The lowest BCUT2D eigenvalue weighted by atomic mass is 10.0. The van der Waals surface area contributed by atoms with Crippen molar-refractivity contribution in [2.45, 2.75) is 32.2 Å². The molecule has 6 nitrogen and oxygen atoms in total. The Kier molecular flexibility index (Phi) is 5.58. The molecule has 1 N–H and O–H groups in total. The molecule has 6 heteroatoms. The number of piperidine rings is 1. The number of methoxy groups -OCH3 is 1. The minimum atomic E-state index is -0.0441. The first-order valence-corrected chi connectivity index (χ1v) is 9.06. The molecule has 0 aliphatic carbocycles. The molecule has 2 aliphatic heterocycles. The van der Waals surface area contributed by atoms with Gasteiger partial charge in [-0.05, 0) is 44.0 Å². The molecular weight excluding hydrogens is 318 g/mol. The normalized spacial score (nSPS) is 21.1. The van der Waals surface area contributed by atoms with Crippen LogP contribution < -0.4 is 10.1 Å². The number of carbonyl (C=O) groups is 2. The maximum absolute atomic E-state index is 12.7. The Morgan fingerprint density at radius 2 is 1.84 bits per heavy atom. The minimum absolute atomic E-state index is 0.00110. The fourth-order valence-electron chi connectivity index (χ4n) is 3.55. The SMILES string of the molecule is COc1cc(C(=O)N2CCN(C(=O)C3CCCCN3)CC2)ccc1C. The van der Waals surface area contributed by atoms with Crippen molar-refractivity contribution in [2.75, 3.05) is 39.8 Å². The standard InChI is InChI=1S/C19H27N3O3/c1-14-6-7-15(13-17(14)25-2)18(23)21-9-11-22(12-10-21)19(24)16-5-3-4-8-20-16/h6-7,13,16,20H,3-5,8-12H2,1-2H3. The third kappa shape index (κ3) is 3.95. The Bertz CT molecular complexity index is 633. The van der Waals surface area contributed by atoms with Gasteiger partial charge < -0.3 is 19.9 Å². The highest BCUT2D eigenvalue weighted by Crippen LogP contribution is 2.21. The van der Waals surface area contributed by atoms with E-state index in [0.29, 0.717) is 31.7 Å². The first-order valence-electron chi connectivity index (χ1n) is 9.06. The first kappa shape index (κ1) is 17.7. The summed E-state index contributed by atoms with van der Waals surface area (Å²) in [5.41, 5.74) is 1.64. The predicted molar refractivity (Wildman–Crippen MR) is 95.9 cm³/mol. The molecule has 0 saturated carbocycles. The van der Waals surface area contributed by atoms with Gasteiger partial charge in [0.1, 0.15) is 5.75 Å². The molecule has 0 spiro atoms. The van der Waals surface area contributed by atoms with Gasteiger partial charge in [-0.15, -0.1) is 0 Å². The van der Waals surface area contributed by atoms with E-state index in [1.165, 1.54) is 0 Å². The highest BCUT2D eigenvalue weighted by Gasteiger charge is 2.29. The number of aryl methyl sites for hydroxylation is 1. The van der Waals surface area contributed by atoms with Gasteiger partial charge in [0.25, 0.3) is 5.91 Å². The van der Waals surface area contributed by atoms with Crippen molar-refractivity contribution in [3.63, 3.8) is 0 Å². The van der Waals surface area contributed by atoms with Crippen molar-refractivity contribution in [1.29, 1.82) is 0 Å². The number of rotatable bonds is 3. The van der Waals surface area contributed by atoms with Crippen LogP contribution in [0.25, 0.3) is 0 Å². The van der Waals surface area contributed by atoms with Crippen LogP contribution in [0.5, 0.6) is 5.75 Å². The average Bonchev–Trinajstić information content (AvgIpc) is 2.68. The Hall–Kier alpha value is -2.08. The lowest BCUT2D eigenvalue weighted by molar-refractivity contribution is -0.135. The van der Waals surface area contributed by atoms with E-state index in [1.807, 2.05) is 28.9 Å². The van der Waals surface area contributed by atoms with Gasteiger partial charge in [-0.3, -0.25) is 9.59 Å². The Labute approximate surface area is 149 Å². The number of amides is 2. The third-order valence-electron chi connectivity index (χ3n) is 5.14. The van der Waals surface area contributed by atoms with Crippen molar-refractivity contribution in [3.8, 4) is 5.75 Å². The number of hydrogen-bond donors (Lipinski definition) is 1. The lowest BCUT2D eigenvalue weighted by Gasteiger charge is -2.37. The van der Waals surface area contributed by atoms with Crippen LogP contribution in [0.1, 0.15) is 35.2 Å². The zero-order valence-corrected chi connectivity index (χ0v) is 15.1. The molecule has 2 saturated heterocycles. The number of ether oxygens (including phenoxy) is 1. The summed E-state index contributed by atoms with van der Waals surface area (Å²) >= 11 is 0. The highest BCUT2D eigenvalue weighted by molar-refractivity contribution is 5.95. The first-order chi connectivity index (χ1) is 12.1. The van der Waals surface area contributed by atoms with Crippen molar-refractivity contribution in [3.05, 3.63) is 29.3 Å². The number of benzene rings is 1. The largest absolute Gasteiger partial charge is 0.496 e. The van der Waals surface area contributed by atoms with Crippen LogP contribution in [-0.4, -0.2) is 67.5 Å². The molecule has 2 heterocycles. The maximum atomic E-state index is 12.7. The molecule has 1 atom stereocenters. The van der Waals surface area contributed by atoms with Gasteiger partial charge in [0, 0.05) is 31.7 Å². The van der Waals surface area contributed by atoms with Crippen LogP contribution in [0.4, 0.5) is 0 Å². The summed E-state index contributed by atoms with van der Waals surface area (Å²) in [4.78, 5) is 29.0. The number of carbonyl (C=O) groups excluding carboxylic acids is 2. The van der Waals surface area contributed by atoms with Gasteiger partial charge in [0.05, 0.1) is 13.2 Å². The van der Waals surface area contributed by atoms with Crippen LogP contribution in [0.2, 0.25) is 0 Å². The van der Waals surface area contributed by atoms with E-state index in [-0.39, 0.29) is 17.9 Å². The second-order valence-electron chi connectivity index (χ2n) is 6.80. The van der Waals surface area contributed by atoms with Crippen LogP contribution in [0.15, 0.2) is 18.2 Å². The molecular formula is C19H27N3O3. The summed E-state index contributed by atoms with van der Waals surface area (Å²) in [7, 11) is 1.61. The summed E-state index contributed by atoms with van der Waals surface area (Å²) in [5.74, 6) is 0.910. The molecule has 2 amide bonds. The molecule has 136 valence electrons. The van der Waals surface area contributed by atoms with E-state index < -0.39 is 0 Å². The second kappa shape index (κ2) is 7.87. The van der Waals surface area contributed by atoms with Gasteiger partial charge in [-0.1, -0.05) is 12.5 Å². The average molecular weight is 345 g/mol. The van der Waals surface area contributed by atoms with Crippen molar-refractivity contribution in [1.82, 2.24) is 15.1 Å². The van der Waals surface area contributed by atoms with Crippen LogP contribution in [0, 0.1) is 6.92 Å². The van der Waals surface area contributed by atoms with Crippen LogP contribution in [-0.2, 0) is 4.79 Å². The van der Waals surface area contributed by atoms with Crippen molar-refractivity contribution in [2.24, 2.45) is 0 Å². The molecule has 25 heavy (non-hydrogen) atoms. The smallest absolute Gasteiger partial charge is 0.254 e. The number of piperazine rings is 1. The van der Waals surface area contributed by atoms with Gasteiger partial charge >= 0.3 is 0 Å². The zero-order valence-electron chi connectivity index (χ0n) is 15.1. The van der Waals surface area contributed by atoms with E-state index in [9.17, 15) is 9.59 Å². The van der Waals surface area contributed by atoms with E-state index in [2.05, 4.69) is 5.32 Å². The van der Waals surface area contributed by atoms with Crippen molar-refractivity contribution < 1.29 is 14.3 Å². The topological polar surface area (TPSA) is 61.9 Å². The Morgan fingerprint density at radius 3 is 2.48 bits per heavy atom. The second-order valence-corrected chi connectivity index (χ2v) is 6.80. The van der Waals surface area contributed by atoms with Crippen LogP contribution in [0.3, 0.4) is 0 Å². The maximum Gasteiger partial charge on any atom is 0.254 e. The van der Waals surface area contributed by atoms with E-state index in [4.69, 9.17) is 4.74 Å². The van der Waals surface area contributed by atoms with E-state index in [1.54, 1.807) is 13.2 Å². The number of hydrogen-bond acceptors (Lipinski definition) is 4. The summed E-state index contributed by atoms with van der Waals surface area (Å²) in [6.07, 6.45) is 3.17. The molecule has 3 rings (SSSR count). The molecule has 2 fully saturated rings. The fourth-order valence-corrected chi connectivity index (χ4v) is 3.55. The molecule has 0 radical (unpaired) electrons. The van der Waals surface area contributed by atoms with Crippen molar-refractivity contribution >= 4 is 11.8 Å². The molecule has 1 unspecified atom stereocenters. The van der Waals surface area contributed by atoms with Gasteiger partial charge in [0.15, 0.2) is 0 Å².